The van der Waals surface area contributed by atoms with Gasteiger partial charge < -0.3 is 5.11 Å². The summed E-state index contributed by atoms with van der Waals surface area (Å²) in [6, 6.07) is 8.29. The van der Waals surface area contributed by atoms with Crippen LogP contribution in [0.4, 0.5) is 0 Å². The van der Waals surface area contributed by atoms with Gasteiger partial charge >= 0.3 is 0 Å². The lowest BCUT2D eigenvalue weighted by molar-refractivity contribution is -0.122. The number of benzene rings is 1. The predicted molar refractivity (Wildman–Crippen MR) is 60.6 cm³/mol. The fourth-order valence-corrected chi connectivity index (χ4v) is 1.21. The van der Waals surface area contributed by atoms with Crippen LogP contribution < -0.4 is 0 Å². The summed E-state index contributed by atoms with van der Waals surface area (Å²) < 4.78 is 2.65. The van der Waals surface area contributed by atoms with Gasteiger partial charge in [0.15, 0.2) is 0 Å². The highest BCUT2D eigenvalue weighted by Gasteiger charge is 1.87. The van der Waals surface area contributed by atoms with Crippen molar-refractivity contribution in [1.82, 2.24) is 0 Å². The van der Waals surface area contributed by atoms with E-state index in [0.29, 0.717) is 0 Å². The van der Waals surface area contributed by atoms with Crippen molar-refractivity contribution >= 4 is 51.7 Å². The second-order valence-electron chi connectivity index (χ2n) is 1.52. The van der Waals surface area contributed by atoms with Gasteiger partial charge in [-0.15, -0.1) is 0 Å². The van der Waals surface area contributed by atoms with Gasteiger partial charge in [0.1, 0.15) is 0 Å². The number of carbonyl (C=O) groups is 1. The van der Waals surface area contributed by atoms with E-state index in [1.54, 1.807) is 0 Å². The van der Waals surface area contributed by atoms with E-state index in [1.165, 1.54) is 7.14 Å². The van der Waals surface area contributed by atoms with Gasteiger partial charge in [-0.1, -0.05) is 12.1 Å². The Kier molecular flexibility index (Phi) is 6.93. The van der Waals surface area contributed by atoms with E-state index >= 15 is 0 Å². The fourth-order valence-electron chi connectivity index (χ4n) is 0.439. The van der Waals surface area contributed by atoms with Crippen LogP contribution in [0.5, 0.6) is 0 Å². The molecule has 0 unspecified atom stereocenters. The summed E-state index contributed by atoms with van der Waals surface area (Å²) in [6.45, 7) is -0.250. The Morgan fingerprint density at radius 2 is 1.45 bits per heavy atom. The van der Waals surface area contributed by atoms with Crippen molar-refractivity contribution in [3.8, 4) is 0 Å². The molecule has 0 aromatic heterocycles. The lowest BCUT2D eigenvalue weighted by atomic mass is 10.4. The summed E-state index contributed by atoms with van der Waals surface area (Å²) in [5.41, 5.74) is 0. The molecule has 0 bridgehead atoms. The summed E-state index contributed by atoms with van der Waals surface area (Å²) >= 11 is 4.63. The third-order valence-corrected chi connectivity index (χ3v) is 3.74. The van der Waals surface area contributed by atoms with Gasteiger partial charge in [0, 0.05) is 7.14 Å². The van der Waals surface area contributed by atoms with Crippen molar-refractivity contribution in [2.24, 2.45) is 0 Å². The molecule has 0 saturated carbocycles. The highest BCUT2D eigenvalue weighted by atomic mass is 127. The maximum Gasteiger partial charge on any atom is 0.290 e. The van der Waals surface area contributed by atoms with Crippen LogP contribution in [0.1, 0.15) is 0 Å². The molecule has 1 aromatic rings. The zero-order valence-corrected chi connectivity index (χ0v) is 9.81. The maximum absolute atomic E-state index is 8.36. The maximum atomic E-state index is 8.36. The Morgan fingerprint density at radius 1 is 1.18 bits per heavy atom. The Hall–Kier alpha value is 0.150. The van der Waals surface area contributed by atoms with Crippen molar-refractivity contribution in [3.63, 3.8) is 0 Å². The minimum absolute atomic E-state index is 0.250. The molecule has 0 atom stereocenters. The SMILES string of the molecule is Ic1ccccc1I.O=CO. The van der Waals surface area contributed by atoms with E-state index in [0.717, 1.165) is 0 Å². The fraction of sp³-hybridized carbons (Fsp3) is 0. The van der Waals surface area contributed by atoms with Crippen LogP contribution in [0.2, 0.25) is 0 Å². The molecule has 1 aromatic carbocycles. The van der Waals surface area contributed by atoms with Gasteiger partial charge in [-0.05, 0) is 57.3 Å². The standard InChI is InChI=1S/C6H4I2.CH2O2/c7-5-3-1-2-4-6(5)8;2-1-3/h1-4H;1H,(H,2,3). The number of hydrogen-bond donors (Lipinski definition) is 1. The van der Waals surface area contributed by atoms with Crippen molar-refractivity contribution in [1.29, 1.82) is 0 Å². The molecule has 0 fully saturated rings. The van der Waals surface area contributed by atoms with Crippen molar-refractivity contribution in [3.05, 3.63) is 31.4 Å². The molecule has 0 spiro atoms. The minimum atomic E-state index is -0.250. The second-order valence-corrected chi connectivity index (χ2v) is 3.84. The summed E-state index contributed by atoms with van der Waals surface area (Å²) in [7, 11) is 0. The lowest BCUT2D eigenvalue weighted by Crippen LogP contribution is -1.73. The molecular formula is C7H6I2O2. The van der Waals surface area contributed by atoms with Crippen molar-refractivity contribution < 1.29 is 9.90 Å². The van der Waals surface area contributed by atoms with E-state index in [1.807, 2.05) is 12.1 Å². The number of hydrogen-bond acceptors (Lipinski definition) is 1. The van der Waals surface area contributed by atoms with Crippen molar-refractivity contribution in [2.75, 3.05) is 0 Å². The predicted octanol–water partition coefficient (Wildman–Crippen LogP) is 2.60. The first-order valence-electron chi connectivity index (χ1n) is 2.70. The monoisotopic (exact) mass is 376 g/mol. The second kappa shape index (κ2) is 6.84. The van der Waals surface area contributed by atoms with Crippen LogP contribution in [0.15, 0.2) is 24.3 Å². The Balaban J connectivity index is 0.000000292. The number of halogens is 2. The Labute approximate surface area is 92.3 Å². The van der Waals surface area contributed by atoms with Crippen LogP contribution in [0.25, 0.3) is 0 Å². The van der Waals surface area contributed by atoms with Gasteiger partial charge in [0.2, 0.25) is 0 Å². The molecule has 0 radical (unpaired) electrons. The van der Waals surface area contributed by atoms with Gasteiger partial charge in [-0.2, -0.15) is 0 Å². The van der Waals surface area contributed by atoms with Gasteiger partial charge in [0.25, 0.3) is 6.47 Å². The third-order valence-electron chi connectivity index (χ3n) is 0.824. The third kappa shape index (κ3) is 5.42. The Morgan fingerprint density at radius 3 is 1.64 bits per heavy atom. The van der Waals surface area contributed by atoms with Crippen molar-refractivity contribution in [2.45, 2.75) is 0 Å². The molecule has 0 heterocycles. The van der Waals surface area contributed by atoms with E-state index in [9.17, 15) is 0 Å². The van der Waals surface area contributed by atoms with Crippen LogP contribution in [-0.4, -0.2) is 11.6 Å². The summed E-state index contributed by atoms with van der Waals surface area (Å²) in [5.74, 6) is 0. The summed E-state index contributed by atoms with van der Waals surface area (Å²) in [6.07, 6.45) is 0. The molecule has 60 valence electrons. The molecule has 11 heavy (non-hydrogen) atoms. The zero-order chi connectivity index (χ0) is 8.69. The normalized spacial score (nSPS) is 7.82. The first-order valence-corrected chi connectivity index (χ1v) is 4.86. The molecule has 0 aliphatic carbocycles. The molecule has 0 saturated heterocycles. The van der Waals surface area contributed by atoms with Crippen LogP contribution in [0, 0.1) is 7.14 Å². The topological polar surface area (TPSA) is 37.3 Å². The quantitative estimate of drug-likeness (QED) is 0.559. The van der Waals surface area contributed by atoms with E-state index in [2.05, 4.69) is 57.3 Å². The largest absolute Gasteiger partial charge is 0.483 e. The smallest absolute Gasteiger partial charge is 0.290 e. The van der Waals surface area contributed by atoms with E-state index in [-0.39, 0.29) is 6.47 Å². The highest BCUT2D eigenvalue weighted by molar-refractivity contribution is 14.1. The van der Waals surface area contributed by atoms with Gasteiger partial charge in [-0.25, -0.2) is 0 Å². The zero-order valence-electron chi connectivity index (χ0n) is 5.50. The van der Waals surface area contributed by atoms with Gasteiger partial charge in [0.05, 0.1) is 0 Å². The highest BCUT2D eigenvalue weighted by Crippen LogP contribution is 2.12. The average molecular weight is 376 g/mol. The molecule has 2 nitrogen and oxygen atoms in total. The average Bonchev–Trinajstić information content (AvgIpc) is 1.97. The first-order chi connectivity index (χ1) is 5.22. The molecule has 0 aliphatic heterocycles. The molecule has 0 aliphatic rings. The molecule has 1 rings (SSSR count). The molecular weight excluding hydrogens is 370 g/mol. The van der Waals surface area contributed by atoms with Crippen LogP contribution >= 0.6 is 45.2 Å². The molecule has 4 heteroatoms. The first kappa shape index (κ1) is 11.2. The van der Waals surface area contributed by atoms with Crippen LogP contribution in [-0.2, 0) is 4.79 Å². The van der Waals surface area contributed by atoms with E-state index < -0.39 is 0 Å². The van der Waals surface area contributed by atoms with Gasteiger partial charge in [-0.3, -0.25) is 4.79 Å². The van der Waals surface area contributed by atoms with E-state index in [4.69, 9.17) is 9.90 Å². The summed E-state index contributed by atoms with van der Waals surface area (Å²) in [4.78, 5) is 8.36. The molecule has 1 N–H and O–H groups in total. The minimum Gasteiger partial charge on any atom is -0.483 e. The summed E-state index contributed by atoms with van der Waals surface area (Å²) in [5, 5.41) is 6.89. The number of rotatable bonds is 0. The van der Waals surface area contributed by atoms with Crippen LogP contribution in [0.3, 0.4) is 0 Å². The Bertz CT molecular complexity index is 204. The number of carboxylic acid groups (broad SMARTS) is 1. The lowest BCUT2D eigenvalue weighted by Gasteiger charge is -1.89. The molecule has 0 amide bonds.